The SMILES string of the molecule is CCSC(C)c1ccc([N+](=O)[O-])c2ccccc12. The Labute approximate surface area is 110 Å². The number of thioether (sulfide) groups is 1. The first-order valence-corrected chi connectivity index (χ1v) is 6.97. The van der Waals surface area contributed by atoms with E-state index in [1.54, 1.807) is 6.07 Å². The Balaban J connectivity index is 2.64. The Morgan fingerprint density at radius 2 is 1.89 bits per heavy atom. The van der Waals surface area contributed by atoms with E-state index in [4.69, 9.17) is 0 Å². The third-order valence-corrected chi connectivity index (χ3v) is 4.07. The lowest BCUT2D eigenvalue weighted by Crippen LogP contribution is -1.95. The summed E-state index contributed by atoms with van der Waals surface area (Å²) in [7, 11) is 0. The molecule has 0 radical (unpaired) electrons. The van der Waals surface area contributed by atoms with Crippen molar-refractivity contribution >= 4 is 28.2 Å². The molecule has 94 valence electrons. The average Bonchev–Trinajstić information content (AvgIpc) is 2.37. The molecule has 0 amide bonds. The summed E-state index contributed by atoms with van der Waals surface area (Å²) in [4.78, 5) is 10.7. The Kier molecular flexibility index (Phi) is 3.87. The highest BCUT2D eigenvalue weighted by atomic mass is 32.2. The molecular formula is C14H15NO2S. The van der Waals surface area contributed by atoms with Gasteiger partial charge in [0, 0.05) is 11.3 Å². The maximum absolute atomic E-state index is 11.0. The van der Waals surface area contributed by atoms with Gasteiger partial charge in [-0.1, -0.05) is 31.2 Å². The van der Waals surface area contributed by atoms with Gasteiger partial charge >= 0.3 is 0 Å². The van der Waals surface area contributed by atoms with Crippen molar-refractivity contribution in [2.24, 2.45) is 0 Å². The number of nitrogens with zero attached hydrogens (tertiary/aromatic N) is 1. The molecular weight excluding hydrogens is 246 g/mol. The molecule has 0 fully saturated rings. The quantitative estimate of drug-likeness (QED) is 0.598. The van der Waals surface area contributed by atoms with Crippen LogP contribution in [-0.2, 0) is 0 Å². The van der Waals surface area contributed by atoms with Crippen molar-refractivity contribution in [1.29, 1.82) is 0 Å². The van der Waals surface area contributed by atoms with E-state index in [1.165, 1.54) is 5.56 Å². The van der Waals surface area contributed by atoms with E-state index in [-0.39, 0.29) is 10.6 Å². The summed E-state index contributed by atoms with van der Waals surface area (Å²) < 4.78 is 0. The zero-order chi connectivity index (χ0) is 13.1. The molecule has 2 aromatic rings. The number of rotatable bonds is 4. The molecule has 2 aromatic carbocycles. The average molecular weight is 261 g/mol. The molecule has 0 N–H and O–H groups in total. The maximum Gasteiger partial charge on any atom is 0.277 e. The zero-order valence-corrected chi connectivity index (χ0v) is 11.2. The Bertz CT molecular complexity index is 583. The Morgan fingerprint density at radius 3 is 2.50 bits per heavy atom. The van der Waals surface area contributed by atoms with Crippen molar-refractivity contribution < 1.29 is 4.92 Å². The zero-order valence-electron chi connectivity index (χ0n) is 10.4. The van der Waals surface area contributed by atoms with Crippen molar-refractivity contribution in [1.82, 2.24) is 0 Å². The Morgan fingerprint density at radius 1 is 1.22 bits per heavy atom. The van der Waals surface area contributed by atoms with Gasteiger partial charge in [-0.25, -0.2) is 0 Å². The van der Waals surface area contributed by atoms with Gasteiger partial charge in [0.05, 0.1) is 10.3 Å². The second-order valence-electron chi connectivity index (χ2n) is 4.07. The highest BCUT2D eigenvalue weighted by Crippen LogP contribution is 2.36. The minimum atomic E-state index is -0.316. The molecule has 3 nitrogen and oxygen atoms in total. The van der Waals surface area contributed by atoms with Crippen molar-refractivity contribution in [3.63, 3.8) is 0 Å². The van der Waals surface area contributed by atoms with Crippen LogP contribution in [0.3, 0.4) is 0 Å². The van der Waals surface area contributed by atoms with Crippen LogP contribution in [0.5, 0.6) is 0 Å². The summed E-state index contributed by atoms with van der Waals surface area (Å²) in [6.45, 7) is 4.26. The number of nitro groups is 1. The highest BCUT2D eigenvalue weighted by Gasteiger charge is 2.16. The van der Waals surface area contributed by atoms with Crippen LogP contribution in [0.4, 0.5) is 5.69 Å². The summed E-state index contributed by atoms with van der Waals surface area (Å²) in [5.74, 6) is 1.03. The standard InChI is InChI=1S/C14H15NO2S/c1-3-18-10(2)11-8-9-14(15(16)17)13-7-5-4-6-12(11)13/h4-10H,3H2,1-2H3. The molecule has 1 unspecified atom stereocenters. The van der Waals surface area contributed by atoms with Crippen molar-refractivity contribution in [2.45, 2.75) is 19.1 Å². The maximum atomic E-state index is 11.0. The molecule has 0 spiro atoms. The fraction of sp³-hybridized carbons (Fsp3) is 0.286. The third-order valence-electron chi connectivity index (χ3n) is 2.99. The van der Waals surface area contributed by atoms with Gasteiger partial charge in [0.1, 0.15) is 0 Å². The van der Waals surface area contributed by atoms with Gasteiger partial charge in [-0.05, 0) is 29.7 Å². The molecule has 0 aliphatic rings. The third kappa shape index (κ3) is 2.34. The fourth-order valence-corrected chi connectivity index (χ4v) is 3.05. The van der Waals surface area contributed by atoms with E-state index in [9.17, 15) is 10.1 Å². The minimum absolute atomic E-state index is 0.183. The van der Waals surface area contributed by atoms with E-state index in [1.807, 2.05) is 42.1 Å². The number of benzene rings is 2. The van der Waals surface area contributed by atoms with Gasteiger partial charge in [0.25, 0.3) is 5.69 Å². The van der Waals surface area contributed by atoms with E-state index < -0.39 is 0 Å². The number of fused-ring (bicyclic) bond motifs is 1. The van der Waals surface area contributed by atoms with E-state index >= 15 is 0 Å². The molecule has 0 aromatic heterocycles. The summed E-state index contributed by atoms with van der Waals surface area (Å²) in [5.41, 5.74) is 1.35. The second-order valence-corrected chi connectivity index (χ2v) is 5.69. The molecule has 2 rings (SSSR count). The van der Waals surface area contributed by atoms with E-state index in [0.717, 1.165) is 16.5 Å². The van der Waals surface area contributed by atoms with Crippen LogP contribution in [0.1, 0.15) is 24.7 Å². The van der Waals surface area contributed by atoms with Gasteiger partial charge < -0.3 is 0 Å². The first kappa shape index (κ1) is 12.9. The largest absolute Gasteiger partial charge is 0.277 e. The molecule has 0 bridgehead atoms. The molecule has 0 saturated heterocycles. The van der Waals surface area contributed by atoms with Crippen molar-refractivity contribution in [3.8, 4) is 0 Å². The topological polar surface area (TPSA) is 43.1 Å². The lowest BCUT2D eigenvalue weighted by Gasteiger charge is -2.13. The van der Waals surface area contributed by atoms with Crippen LogP contribution in [0, 0.1) is 10.1 Å². The van der Waals surface area contributed by atoms with Crippen LogP contribution in [-0.4, -0.2) is 10.7 Å². The van der Waals surface area contributed by atoms with E-state index in [2.05, 4.69) is 13.8 Å². The summed E-state index contributed by atoms with van der Waals surface area (Å²) >= 11 is 1.84. The lowest BCUT2D eigenvalue weighted by atomic mass is 10.0. The summed E-state index contributed by atoms with van der Waals surface area (Å²) in [6.07, 6.45) is 0. The number of hydrogen-bond donors (Lipinski definition) is 0. The van der Waals surface area contributed by atoms with Crippen LogP contribution in [0.15, 0.2) is 36.4 Å². The molecule has 18 heavy (non-hydrogen) atoms. The van der Waals surface area contributed by atoms with Crippen LogP contribution in [0.2, 0.25) is 0 Å². The Hall–Kier alpha value is -1.55. The molecule has 0 saturated carbocycles. The van der Waals surface area contributed by atoms with E-state index in [0.29, 0.717) is 5.25 Å². The lowest BCUT2D eigenvalue weighted by molar-refractivity contribution is -0.383. The van der Waals surface area contributed by atoms with Gasteiger partial charge in [-0.3, -0.25) is 10.1 Å². The molecule has 0 aliphatic heterocycles. The van der Waals surface area contributed by atoms with Crippen LogP contribution < -0.4 is 0 Å². The summed E-state index contributed by atoms with van der Waals surface area (Å²) in [5, 5.41) is 13.1. The predicted octanol–water partition coefficient (Wildman–Crippen LogP) is 4.56. The molecule has 4 heteroatoms. The highest BCUT2D eigenvalue weighted by molar-refractivity contribution is 7.99. The smallest absolute Gasteiger partial charge is 0.258 e. The van der Waals surface area contributed by atoms with Crippen molar-refractivity contribution in [3.05, 3.63) is 52.1 Å². The first-order valence-electron chi connectivity index (χ1n) is 5.92. The van der Waals surface area contributed by atoms with Gasteiger partial charge in [-0.15, -0.1) is 0 Å². The molecule has 0 heterocycles. The van der Waals surface area contributed by atoms with Crippen molar-refractivity contribution in [2.75, 3.05) is 5.75 Å². The number of nitro benzene ring substituents is 1. The first-order chi connectivity index (χ1) is 8.65. The van der Waals surface area contributed by atoms with Gasteiger partial charge in [-0.2, -0.15) is 11.8 Å². The molecule has 1 atom stereocenters. The monoisotopic (exact) mass is 261 g/mol. The number of hydrogen-bond acceptors (Lipinski definition) is 3. The summed E-state index contributed by atoms with van der Waals surface area (Å²) in [6, 6.07) is 11.1. The van der Waals surface area contributed by atoms with Crippen LogP contribution >= 0.6 is 11.8 Å². The predicted molar refractivity (Wildman–Crippen MR) is 77.1 cm³/mol. The molecule has 0 aliphatic carbocycles. The fourth-order valence-electron chi connectivity index (χ4n) is 2.16. The normalized spacial score (nSPS) is 12.6. The van der Waals surface area contributed by atoms with Crippen LogP contribution in [0.25, 0.3) is 10.8 Å². The van der Waals surface area contributed by atoms with Gasteiger partial charge in [0.2, 0.25) is 0 Å². The number of non-ortho nitro benzene ring substituents is 1. The second kappa shape index (κ2) is 5.40. The minimum Gasteiger partial charge on any atom is -0.258 e. The van der Waals surface area contributed by atoms with Gasteiger partial charge in [0.15, 0.2) is 0 Å².